The van der Waals surface area contributed by atoms with Crippen LogP contribution in [0.15, 0.2) is 40.9 Å². The first-order valence-corrected chi connectivity index (χ1v) is 7.18. The molecule has 0 heterocycles. The first kappa shape index (κ1) is 15.5. The van der Waals surface area contributed by atoms with Gasteiger partial charge in [0, 0.05) is 6.04 Å². The Bertz CT molecular complexity index is 697. The molecule has 108 valence electrons. The normalized spacial score (nSPS) is 11.8. The summed E-state index contributed by atoms with van der Waals surface area (Å²) in [6, 6.07) is 11.8. The Labute approximate surface area is 131 Å². The SMILES string of the molecule is CNC(C)c1ccc(Oc2ccc(C#N)cc2F)c(Br)c1. The van der Waals surface area contributed by atoms with E-state index in [4.69, 9.17) is 10.00 Å². The van der Waals surface area contributed by atoms with Gasteiger partial charge in [0.2, 0.25) is 0 Å². The number of ether oxygens (including phenoxy) is 1. The monoisotopic (exact) mass is 348 g/mol. The lowest BCUT2D eigenvalue weighted by molar-refractivity contribution is 0.439. The van der Waals surface area contributed by atoms with E-state index in [-0.39, 0.29) is 17.4 Å². The third-order valence-electron chi connectivity index (χ3n) is 3.17. The molecule has 5 heteroatoms. The summed E-state index contributed by atoms with van der Waals surface area (Å²) in [5.74, 6) is 0.0448. The minimum Gasteiger partial charge on any atom is -0.453 e. The molecule has 0 aromatic heterocycles. The molecule has 0 fully saturated rings. The molecule has 0 radical (unpaired) electrons. The van der Waals surface area contributed by atoms with Crippen LogP contribution in [-0.4, -0.2) is 7.05 Å². The van der Waals surface area contributed by atoms with Crippen molar-refractivity contribution in [2.45, 2.75) is 13.0 Å². The highest BCUT2D eigenvalue weighted by Gasteiger charge is 2.10. The number of hydrogen-bond donors (Lipinski definition) is 1. The molecule has 0 saturated heterocycles. The molecule has 0 bridgehead atoms. The van der Waals surface area contributed by atoms with E-state index in [9.17, 15) is 4.39 Å². The number of nitrogens with zero attached hydrogens (tertiary/aromatic N) is 1. The van der Waals surface area contributed by atoms with E-state index in [0.717, 1.165) is 16.1 Å². The molecule has 2 rings (SSSR count). The van der Waals surface area contributed by atoms with Crippen molar-refractivity contribution in [3.63, 3.8) is 0 Å². The van der Waals surface area contributed by atoms with Crippen LogP contribution in [0.4, 0.5) is 4.39 Å². The molecule has 0 saturated carbocycles. The van der Waals surface area contributed by atoms with Crippen LogP contribution >= 0.6 is 15.9 Å². The second-order valence-electron chi connectivity index (χ2n) is 4.56. The summed E-state index contributed by atoms with van der Waals surface area (Å²) in [7, 11) is 1.88. The number of benzene rings is 2. The van der Waals surface area contributed by atoms with Gasteiger partial charge in [0.25, 0.3) is 0 Å². The van der Waals surface area contributed by atoms with Crippen LogP contribution in [0.3, 0.4) is 0 Å². The van der Waals surface area contributed by atoms with Gasteiger partial charge in [-0.3, -0.25) is 0 Å². The Balaban J connectivity index is 2.26. The average molecular weight is 349 g/mol. The van der Waals surface area contributed by atoms with Gasteiger partial charge in [-0.15, -0.1) is 0 Å². The Kier molecular flexibility index (Phi) is 4.94. The van der Waals surface area contributed by atoms with Gasteiger partial charge in [-0.05, 0) is 65.8 Å². The first-order chi connectivity index (χ1) is 10.0. The third kappa shape index (κ3) is 3.60. The molecule has 0 amide bonds. The highest BCUT2D eigenvalue weighted by molar-refractivity contribution is 9.10. The van der Waals surface area contributed by atoms with E-state index in [1.54, 1.807) is 6.07 Å². The van der Waals surface area contributed by atoms with Crippen molar-refractivity contribution >= 4 is 15.9 Å². The summed E-state index contributed by atoms with van der Waals surface area (Å²) < 4.78 is 20.1. The van der Waals surface area contributed by atoms with E-state index >= 15 is 0 Å². The quantitative estimate of drug-likeness (QED) is 0.882. The van der Waals surface area contributed by atoms with Crippen molar-refractivity contribution in [1.82, 2.24) is 5.32 Å². The summed E-state index contributed by atoms with van der Waals surface area (Å²) in [5.41, 5.74) is 1.36. The van der Waals surface area contributed by atoms with Crippen molar-refractivity contribution in [1.29, 1.82) is 5.26 Å². The number of rotatable bonds is 4. The standard InChI is InChI=1S/C16H14BrFN2O/c1-10(20-2)12-4-6-15(13(17)8-12)21-16-5-3-11(9-19)7-14(16)18/h3-8,10,20H,1-2H3. The van der Waals surface area contributed by atoms with Crippen molar-refractivity contribution < 1.29 is 9.13 Å². The molecule has 0 aliphatic carbocycles. The third-order valence-corrected chi connectivity index (χ3v) is 3.79. The Morgan fingerprint density at radius 3 is 2.52 bits per heavy atom. The van der Waals surface area contributed by atoms with Crippen molar-refractivity contribution in [2.24, 2.45) is 0 Å². The van der Waals surface area contributed by atoms with Crippen molar-refractivity contribution in [3.8, 4) is 17.6 Å². The second-order valence-corrected chi connectivity index (χ2v) is 5.41. The summed E-state index contributed by atoms with van der Waals surface area (Å²) in [6.45, 7) is 2.04. The van der Waals surface area contributed by atoms with E-state index in [0.29, 0.717) is 5.75 Å². The van der Waals surface area contributed by atoms with Crippen molar-refractivity contribution in [3.05, 3.63) is 57.8 Å². The molecule has 3 nitrogen and oxygen atoms in total. The minimum atomic E-state index is -0.561. The maximum absolute atomic E-state index is 13.8. The molecule has 21 heavy (non-hydrogen) atoms. The van der Waals surface area contributed by atoms with Gasteiger partial charge in [-0.2, -0.15) is 5.26 Å². The number of nitriles is 1. The van der Waals surface area contributed by atoms with Gasteiger partial charge in [0.1, 0.15) is 5.75 Å². The van der Waals surface area contributed by atoms with Crippen LogP contribution in [0.2, 0.25) is 0 Å². The maximum Gasteiger partial charge on any atom is 0.167 e. The van der Waals surface area contributed by atoms with Gasteiger partial charge in [-0.1, -0.05) is 6.07 Å². The predicted octanol–water partition coefficient (Wildman–Crippen LogP) is 4.53. The van der Waals surface area contributed by atoms with E-state index in [1.165, 1.54) is 12.1 Å². The summed E-state index contributed by atoms with van der Waals surface area (Å²) in [5, 5.41) is 11.9. The molecule has 1 atom stereocenters. The topological polar surface area (TPSA) is 45.0 Å². The molecule has 2 aromatic carbocycles. The van der Waals surface area contributed by atoms with Crippen LogP contribution in [-0.2, 0) is 0 Å². The molecule has 2 aromatic rings. The zero-order chi connectivity index (χ0) is 15.4. The predicted molar refractivity (Wildman–Crippen MR) is 82.8 cm³/mol. The maximum atomic E-state index is 13.8. The fourth-order valence-corrected chi connectivity index (χ4v) is 2.28. The lowest BCUT2D eigenvalue weighted by Gasteiger charge is -2.14. The lowest BCUT2D eigenvalue weighted by atomic mass is 10.1. The Morgan fingerprint density at radius 2 is 1.95 bits per heavy atom. The Morgan fingerprint density at radius 1 is 1.24 bits per heavy atom. The van der Waals surface area contributed by atoms with Gasteiger partial charge in [0.15, 0.2) is 11.6 Å². The number of nitrogens with one attached hydrogen (secondary N) is 1. The minimum absolute atomic E-state index is 0.0871. The van der Waals surface area contributed by atoms with Gasteiger partial charge < -0.3 is 10.1 Å². The van der Waals surface area contributed by atoms with E-state index < -0.39 is 5.82 Å². The zero-order valence-electron chi connectivity index (χ0n) is 11.7. The summed E-state index contributed by atoms with van der Waals surface area (Å²) in [4.78, 5) is 0. The largest absolute Gasteiger partial charge is 0.453 e. The van der Waals surface area contributed by atoms with Crippen LogP contribution in [0.25, 0.3) is 0 Å². The highest BCUT2D eigenvalue weighted by Crippen LogP contribution is 2.33. The van der Waals surface area contributed by atoms with Crippen LogP contribution in [0, 0.1) is 17.1 Å². The van der Waals surface area contributed by atoms with E-state index in [1.807, 2.05) is 32.2 Å². The first-order valence-electron chi connectivity index (χ1n) is 6.39. The van der Waals surface area contributed by atoms with E-state index in [2.05, 4.69) is 21.2 Å². The fourth-order valence-electron chi connectivity index (χ4n) is 1.81. The van der Waals surface area contributed by atoms with Gasteiger partial charge >= 0.3 is 0 Å². The number of hydrogen-bond acceptors (Lipinski definition) is 3. The molecule has 1 N–H and O–H groups in total. The lowest BCUT2D eigenvalue weighted by Crippen LogP contribution is -2.12. The Hall–Kier alpha value is -1.90. The van der Waals surface area contributed by atoms with Crippen LogP contribution in [0.1, 0.15) is 24.1 Å². The average Bonchev–Trinajstić information content (AvgIpc) is 2.50. The molecule has 0 spiro atoms. The molecule has 1 unspecified atom stereocenters. The summed E-state index contributed by atoms with van der Waals surface area (Å²) in [6.07, 6.45) is 0. The van der Waals surface area contributed by atoms with Crippen LogP contribution < -0.4 is 10.1 Å². The second kappa shape index (κ2) is 6.70. The smallest absolute Gasteiger partial charge is 0.167 e. The highest BCUT2D eigenvalue weighted by atomic mass is 79.9. The molecular formula is C16H14BrFN2O. The zero-order valence-corrected chi connectivity index (χ0v) is 13.2. The summed E-state index contributed by atoms with van der Waals surface area (Å²) >= 11 is 3.43. The molecule has 0 aliphatic heterocycles. The molecule has 0 aliphatic rings. The molecular weight excluding hydrogens is 335 g/mol. The van der Waals surface area contributed by atoms with Crippen molar-refractivity contribution in [2.75, 3.05) is 7.05 Å². The number of halogens is 2. The van der Waals surface area contributed by atoms with Crippen LogP contribution in [0.5, 0.6) is 11.5 Å². The fraction of sp³-hybridized carbons (Fsp3) is 0.188. The van der Waals surface area contributed by atoms with Gasteiger partial charge in [0.05, 0.1) is 16.1 Å². The van der Waals surface area contributed by atoms with Gasteiger partial charge in [-0.25, -0.2) is 4.39 Å².